The predicted molar refractivity (Wildman–Crippen MR) is 108 cm³/mol. The molecule has 0 radical (unpaired) electrons. The normalized spacial score (nSPS) is 12.1. The van der Waals surface area contributed by atoms with E-state index in [0.717, 1.165) is 6.07 Å². The minimum atomic E-state index is -3.88. The number of carbonyl (C=O) groups excluding carboxylic acids is 3. The second-order valence-electron chi connectivity index (χ2n) is 6.03. The lowest BCUT2D eigenvalue weighted by Crippen LogP contribution is -2.30. The Morgan fingerprint density at radius 1 is 1.07 bits per heavy atom. The molecule has 1 unspecified atom stereocenters. The van der Waals surface area contributed by atoms with E-state index >= 15 is 0 Å². The van der Waals surface area contributed by atoms with Crippen molar-refractivity contribution in [1.29, 1.82) is 0 Å². The lowest BCUT2D eigenvalue weighted by molar-refractivity contribution is -0.123. The maximum absolute atomic E-state index is 12.3. The van der Waals surface area contributed by atoms with Crippen LogP contribution in [0.5, 0.6) is 0 Å². The Labute approximate surface area is 173 Å². The van der Waals surface area contributed by atoms with Gasteiger partial charge in [-0.25, -0.2) is 17.9 Å². The van der Waals surface area contributed by atoms with Crippen LogP contribution in [0.3, 0.4) is 0 Å². The molecule has 8 nitrogen and oxygen atoms in total. The largest absolute Gasteiger partial charge is 0.449 e. The Kier molecular flexibility index (Phi) is 7.12. The zero-order valence-corrected chi connectivity index (χ0v) is 17.4. The van der Waals surface area contributed by atoms with Crippen molar-refractivity contribution in [2.75, 3.05) is 12.4 Å². The van der Waals surface area contributed by atoms with Crippen molar-refractivity contribution in [2.45, 2.75) is 24.8 Å². The highest BCUT2D eigenvalue weighted by Crippen LogP contribution is 2.23. The van der Waals surface area contributed by atoms with Gasteiger partial charge < -0.3 is 10.1 Å². The molecule has 2 aromatic carbocycles. The summed E-state index contributed by atoms with van der Waals surface area (Å²) in [5.41, 5.74) is 0.716. The second kappa shape index (κ2) is 9.17. The Balaban J connectivity index is 2.12. The number of halogens is 1. The Morgan fingerprint density at radius 2 is 1.76 bits per heavy atom. The second-order valence-corrected chi connectivity index (χ2v) is 8.29. The zero-order valence-electron chi connectivity index (χ0n) is 15.9. The maximum Gasteiger partial charge on any atom is 0.338 e. The monoisotopic (exact) mass is 438 g/mol. The number of rotatable bonds is 7. The number of nitrogens with one attached hydrogen (secondary N) is 2. The van der Waals surface area contributed by atoms with E-state index in [1.807, 2.05) is 0 Å². The van der Waals surface area contributed by atoms with Crippen LogP contribution >= 0.6 is 11.6 Å². The van der Waals surface area contributed by atoms with Gasteiger partial charge in [0, 0.05) is 11.3 Å². The fourth-order valence-electron chi connectivity index (χ4n) is 2.29. The predicted octanol–water partition coefficient (Wildman–Crippen LogP) is 2.63. The smallest absolute Gasteiger partial charge is 0.338 e. The molecule has 2 rings (SSSR count). The minimum Gasteiger partial charge on any atom is -0.449 e. The number of ketones is 1. The number of ether oxygens (including phenoxy) is 1. The third kappa shape index (κ3) is 5.63. The molecule has 0 saturated heterocycles. The van der Waals surface area contributed by atoms with Gasteiger partial charge in [-0.1, -0.05) is 23.7 Å². The van der Waals surface area contributed by atoms with Crippen LogP contribution in [-0.4, -0.2) is 39.2 Å². The third-order valence-corrected chi connectivity index (χ3v) is 5.81. The average Bonchev–Trinajstić information content (AvgIpc) is 2.68. The molecule has 2 aromatic rings. The molecule has 0 aliphatic rings. The van der Waals surface area contributed by atoms with Gasteiger partial charge in [0.2, 0.25) is 10.0 Å². The first-order valence-corrected chi connectivity index (χ1v) is 10.3. The van der Waals surface area contributed by atoms with Crippen molar-refractivity contribution in [2.24, 2.45) is 0 Å². The van der Waals surface area contributed by atoms with Gasteiger partial charge in [0.25, 0.3) is 5.91 Å². The number of amides is 1. The van der Waals surface area contributed by atoms with Crippen LogP contribution in [0.15, 0.2) is 47.4 Å². The highest BCUT2D eigenvalue weighted by Gasteiger charge is 2.22. The van der Waals surface area contributed by atoms with E-state index in [0.29, 0.717) is 11.3 Å². The van der Waals surface area contributed by atoms with Gasteiger partial charge in [-0.05, 0) is 51.2 Å². The van der Waals surface area contributed by atoms with E-state index in [4.69, 9.17) is 16.3 Å². The van der Waals surface area contributed by atoms with E-state index in [1.165, 1.54) is 39.1 Å². The molecular weight excluding hydrogens is 420 g/mol. The molecule has 0 aromatic heterocycles. The van der Waals surface area contributed by atoms with Crippen molar-refractivity contribution in [3.8, 4) is 0 Å². The number of Topliss-reactive ketones (excluding diaryl/α,β-unsaturated/α-hetero) is 1. The zero-order chi connectivity index (χ0) is 21.8. The molecule has 29 heavy (non-hydrogen) atoms. The van der Waals surface area contributed by atoms with Crippen LogP contribution in [0, 0.1) is 0 Å². The fraction of sp³-hybridized carbons (Fsp3) is 0.211. The molecular formula is C19H19ClN2O6S. The Bertz CT molecular complexity index is 1070. The van der Waals surface area contributed by atoms with Crippen LogP contribution < -0.4 is 10.0 Å². The molecule has 0 bridgehead atoms. The lowest BCUT2D eigenvalue weighted by atomic mass is 10.1. The number of sulfonamides is 1. The number of carbonyl (C=O) groups is 3. The molecule has 0 aliphatic heterocycles. The standard InChI is InChI=1S/C19H19ClN2O6S/c1-11(23)13-5-4-6-15(9-13)22-18(24)12(2)28-19(25)14-7-8-16(20)17(10-14)29(26,27)21-3/h4-10,12,21H,1-3H3,(H,22,24). The molecule has 0 aliphatic carbocycles. The summed E-state index contributed by atoms with van der Waals surface area (Å²) in [5, 5.41) is 2.49. The first-order chi connectivity index (χ1) is 13.5. The first kappa shape index (κ1) is 22.5. The number of hydrogen-bond acceptors (Lipinski definition) is 6. The van der Waals surface area contributed by atoms with Gasteiger partial charge in [-0.15, -0.1) is 0 Å². The van der Waals surface area contributed by atoms with E-state index < -0.39 is 28.0 Å². The molecule has 0 saturated carbocycles. The quantitative estimate of drug-likeness (QED) is 0.506. The highest BCUT2D eigenvalue weighted by molar-refractivity contribution is 7.89. The first-order valence-electron chi connectivity index (χ1n) is 8.41. The van der Waals surface area contributed by atoms with Crippen molar-refractivity contribution in [3.63, 3.8) is 0 Å². The van der Waals surface area contributed by atoms with E-state index in [1.54, 1.807) is 18.2 Å². The molecule has 10 heteroatoms. The summed E-state index contributed by atoms with van der Waals surface area (Å²) in [4.78, 5) is 35.8. The topological polar surface area (TPSA) is 119 Å². The van der Waals surface area contributed by atoms with Gasteiger partial charge in [0.1, 0.15) is 4.90 Å². The van der Waals surface area contributed by atoms with Gasteiger partial charge in [0.15, 0.2) is 11.9 Å². The summed E-state index contributed by atoms with van der Waals surface area (Å²) in [5.74, 6) is -1.67. The van der Waals surface area contributed by atoms with E-state index in [2.05, 4.69) is 10.0 Å². The molecule has 0 heterocycles. The molecule has 1 amide bonds. The number of hydrogen-bond donors (Lipinski definition) is 2. The molecule has 154 valence electrons. The van der Waals surface area contributed by atoms with Gasteiger partial charge in [0.05, 0.1) is 10.6 Å². The van der Waals surface area contributed by atoms with E-state index in [-0.39, 0.29) is 21.3 Å². The number of esters is 1. The molecule has 0 spiro atoms. The number of benzene rings is 2. The summed E-state index contributed by atoms with van der Waals surface area (Å²) in [7, 11) is -2.67. The fourth-order valence-corrected chi connectivity index (χ4v) is 3.54. The van der Waals surface area contributed by atoms with Crippen LogP contribution in [0.4, 0.5) is 5.69 Å². The molecule has 1 atom stereocenters. The Morgan fingerprint density at radius 3 is 2.38 bits per heavy atom. The minimum absolute atomic E-state index is 0.0629. The summed E-state index contributed by atoms with van der Waals surface area (Å²) in [6.07, 6.45) is -1.18. The van der Waals surface area contributed by atoms with Crippen LogP contribution in [0.1, 0.15) is 34.6 Å². The SMILES string of the molecule is CNS(=O)(=O)c1cc(C(=O)OC(C)C(=O)Nc2cccc(C(C)=O)c2)ccc1Cl. The van der Waals surface area contributed by atoms with Crippen molar-refractivity contribution >= 4 is 45.0 Å². The van der Waals surface area contributed by atoms with Crippen molar-refractivity contribution < 1.29 is 27.5 Å². The highest BCUT2D eigenvalue weighted by atomic mass is 35.5. The van der Waals surface area contributed by atoms with Crippen LogP contribution in [0.2, 0.25) is 5.02 Å². The summed E-state index contributed by atoms with van der Waals surface area (Å²) >= 11 is 5.89. The van der Waals surface area contributed by atoms with Crippen LogP contribution in [-0.2, 0) is 19.6 Å². The van der Waals surface area contributed by atoms with Crippen LogP contribution in [0.25, 0.3) is 0 Å². The van der Waals surface area contributed by atoms with Gasteiger partial charge >= 0.3 is 5.97 Å². The van der Waals surface area contributed by atoms with Gasteiger partial charge in [-0.2, -0.15) is 0 Å². The number of anilines is 1. The Hall–Kier alpha value is -2.75. The summed E-state index contributed by atoms with van der Waals surface area (Å²) in [6, 6.07) is 9.92. The van der Waals surface area contributed by atoms with Crippen molar-refractivity contribution in [1.82, 2.24) is 4.72 Å². The third-order valence-electron chi connectivity index (χ3n) is 3.91. The average molecular weight is 439 g/mol. The van der Waals surface area contributed by atoms with Crippen molar-refractivity contribution in [3.05, 3.63) is 58.6 Å². The lowest BCUT2D eigenvalue weighted by Gasteiger charge is -2.14. The van der Waals surface area contributed by atoms with E-state index in [9.17, 15) is 22.8 Å². The molecule has 0 fully saturated rings. The maximum atomic E-state index is 12.3. The van der Waals surface area contributed by atoms with Gasteiger partial charge in [-0.3, -0.25) is 9.59 Å². The summed E-state index contributed by atoms with van der Waals surface area (Å²) in [6.45, 7) is 2.77. The summed E-state index contributed by atoms with van der Waals surface area (Å²) < 4.78 is 31.2. The molecule has 2 N–H and O–H groups in total.